The van der Waals surface area contributed by atoms with Gasteiger partial charge in [-0.2, -0.15) is 0 Å². The normalized spacial score (nSPS) is 30.1. The predicted octanol–water partition coefficient (Wildman–Crippen LogP) is 4.32. The van der Waals surface area contributed by atoms with Crippen LogP contribution in [0.4, 0.5) is 0 Å². The maximum Gasteiger partial charge on any atom is 0.192 e. The Hall–Kier alpha value is -1.25. The lowest BCUT2D eigenvalue weighted by molar-refractivity contribution is -0.191. The molecule has 154 valence electrons. The quantitative estimate of drug-likeness (QED) is 0.711. The number of aromatic nitrogens is 2. The van der Waals surface area contributed by atoms with Crippen molar-refractivity contribution in [1.82, 2.24) is 9.38 Å². The van der Waals surface area contributed by atoms with Crippen LogP contribution in [0.2, 0.25) is 18.1 Å². The van der Waals surface area contributed by atoms with Crippen LogP contribution in [-0.4, -0.2) is 48.4 Å². The zero-order valence-electron chi connectivity index (χ0n) is 17.9. The van der Waals surface area contributed by atoms with Gasteiger partial charge in [-0.15, -0.1) is 0 Å². The van der Waals surface area contributed by atoms with E-state index in [0.29, 0.717) is 6.61 Å². The summed E-state index contributed by atoms with van der Waals surface area (Å²) in [6, 6.07) is 6.07. The highest BCUT2D eigenvalue weighted by Crippen LogP contribution is 2.46. The second-order valence-electron chi connectivity index (χ2n) is 9.84. The van der Waals surface area contributed by atoms with Gasteiger partial charge in [-0.3, -0.25) is 0 Å². The molecule has 2 aliphatic rings. The molecule has 0 aliphatic carbocycles. The average molecular weight is 405 g/mol. The molecule has 0 amide bonds. The number of imidazole rings is 1. The van der Waals surface area contributed by atoms with Crippen LogP contribution >= 0.6 is 0 Å². The number of rotatable bonds is 4. The highest BCUT2D eigenvalue weighted by atomic mass is 28.4. The second-order valence-corrected chi connectivity index (χ2v) is 14.6. The van der Waals surface area contributed by atoms with Crippen molar-refractivity contribution in [2.45, 2.75) is 83.0 Å². The van der Waals surface area contributed by atoms with E-state index in [2.05, 4.69) is 49.3 Å². The van der Waals surface area contributed by atoms with E-state index in [0.717, 1.165) is 11.3 Å². The van der Waals surface area contributed by atoms with E-state index in [4.69, 9.17) is 18.6 Å². The van der Waals surface area contributed by atoms with Gasteiger partial charge in [0.05, 0.1) is 12.3 Å². The molecule has 0 radical (unpaired) electrons. The largest absolute Gasteiger partial charge is 0.414 e. The van der Waals surface area contributed by atoms with Crippen LogP contribution in [0.25, 0.3) is 5.65 Å². The van der Waals surface area contributed by atoms with E-state index in [1.807, 2.05) is 32.2 Å². The summed E-state index contributed by atoms with van der Waals surface area (Å²) in [5.41, 5.74) is 1.93. The smallest absolute Gasteiger partial charge is 0.192 e. The first kappa shape index (κ1) is 20.0. The topological polar surface area (TPSA) is 54.2 Å². The maximum atomic E-state index is 6.49. The molecule has 2 saturated heterocycles. The molecule has 4 rings (SSSR count). The Bertz CT molecular complexity index is 857. The van der Waals surface area contributed by atoms with Crippen LogP contribution < -0.4 is 0 Å². The van der Waals surface area contributed by atoms with E-state index in [1.54, 1.807) is 6.20 Å². The van der Waals surface area contributed by atoms with Crippen molar-refractivity contribution in [2.75, 3.05) is 6.61 Å². The number of pyridine rings is 1. The van der Waals surface area contributed by atoms with Gasteiger partial charge in [-0.25, -0.2) is 4.98 Å². The van der Waals surface area contributed by atoms with E-state index in [1.165, 1.54) is 0 Å². The molecule has 0 saturated carbocycles. The van der Waals surface area contributed by atoms with Crippen molar-refractivity contribution >= 4 is 14.0 Å². The SMILES string of the molecule is CC1(C)O[C@@H]2[C@H](O1)[C@@H](CO[Si](C)(C)C(C)(C)C)O[C@H]2c1cccc2nccn12. The molecular formula is C21H32N2O4Si. The van der Waals surface area contributed by atoms with Gasteiger partial charge in [-0.1, -0.05) is 26.8 Å². The minimum atomic E-state index is -1.88. The molecule has 2 fully saturated rings. The van der Waals surface area contributed by atoms with Gasteiger partial charge < -0.3 is 23.0 Å². The predicted molar refractivity (Wildman–Crippen MR) is 110 cm³/mol. The Morgan fingerprint density at radius 3 is 2.61 bits per heavy atom. The maximum absolute atomic E-state index is 6.49. The van der Waals surface area contributed by atoms with Crippen LogP contribution in [0.15, 0.2) is 30.6 Å². The van der Waals surface area contributed by atoms with E-state index in [9.17, 15) is 0 Å². The third-order valence-electron chi connectivity index (χ3n) is 6.32. The van der Waals surface area contributed by atoms with Gasteiger partial charge in [0, 0.05) is 12.4 Å². The summed E-state index contributed by atoms with van der Waals surface area (Å²) >= 11 is 0. The van der Waals surface area contributed by atoms with Crippen LogP contribution in [-0.2, 0) is 18.6 Å². The van der Waals surface area contributed by atoms with Gasteiger partial charge in [0.1, 0.15) is 30.1 Å². The Kier molecular flexibility index (Phi) is 4.75. The third-order valence-corrected chi connectivity index (χ3v) is 10.8. The summed E-state index contributed by atoms with van der Waals surface area (Å²) < 4.78 is 27.5. The van der Waals surface area contributed by atoms with Crippen molar-refractivity contribution in [1.29, 1.82) is 0 Å². The number of fused-ring (bicyclic) bond motifs is 2. The first-order valence-corrected chi connectivity index (χ1v) is 13.0. The molecule has 4 heterocycles. The number of hydrogen-bond donors (Lipinski definition) is 0. The third kappa shape index (κ3) is 3.43. The highest BCUT2D eigenvalue weighted by Gasteiger charge is 2.56. The molecule has 4 atom stereocenters. The lowest BCUT2D eigenvalue weighted by Gasteiger charge is -2.37. The van der Waals surface area contributed by atoms with Crippen LogP contribution in [0.3, 0.4) is 0 Å². The summed E-state index contributed by atoms with van der Waals surface area (Å²) in [6.07, 6.45) is 3.06. The van der Waals surface area contributed by atoms with Gasteiger partial charge in [0.2, 0.25) is 0 Å². The summed E-state index contributed by atoms with van der Waals surface area (Å²) in [5.74, 6) is -0.630. The lowest BCUT2D eigenvalue weighted by Crippen LogP contribution is -2.44. The fourth-order valence-corrected chi connectivity index (χ4v) is 4.78. The minimum absolute atomic E-state index is 0.149. The zero-order valence-corrected chi connectivity index (χ0v) is 18.9. The molecule has 0 spiro atoms. The standard InChI is InChI=1S/C21H32N2O4Si/c1-20(2,3)28(6,7)24-13-15-18-19(27-21(4,5)26-18)17(25-15)14-9-8-10-16-22-11-12-23(14)16/h8-12,15,17-19H,13H2,1-7H3/t15-,17+,18-,19+/m1/s1. The van der Waals surface area contributed by atoms with Crippen molar-refractivity contribution in [3.05, 3.63) is 36.3 Å². The molecule has 0 unspecified atom stereocenters. The first-order chi connectivity index (χ1) is 13.0. The second kappa shape index (κ2) is 6.64. The molecule has 2 aromatic heterocycles. The monoisotopic (exact) mass is 404 g/mol. The van der Waals surface area contributed by atoms with Gasteiger partial charge in [0.25, 0.3) is 0 Å². The van der Waals surface area contributed by atoms with Crippen molar-refractivity contribution < 1.29 is 18.6 Å². The number of ether oxygens (including phenoxy) is 3. The molecule has 2 aliphatic heterocycles. The molecule has 0 aromatic carbocycles. The summed E-state index contributed by atoms with van der Waals surface area (Å²) in [6.45, 7) is 15.7. The fourth-order valence-electron chi connectivity index (χ4n) is 3.76. The highest BCUT2D eigenvalue weighted by molar-refractivity contribution is 6.74. The Labute approximate surface area is 168 Å². The summed E-state index contributed by atoms with van der Waals surface area (Å²) in [7, 11) is -1.88. The van der Waals surface area contributed by atoms with E-state index < -0.39 is 14.1 Å². The Morgan fingerprint density at radius 2 is 1.89 bits per heavy atom. The average Bonchev–Trinajstić information content (AvgIpc) is 3.24. The van der Waals surface area contributed by atoms with Gasteiger partial charge in [0.15, 0.2) is 14.1 Å². The van der Waals surface area contributed by atoms with Crippen LogP contribution in [0.1, 0.15) is 46.4 Å². The zero-order chi connectivity index (χ0) is 20.3. The van der Waals surface area contributed by atoms with E-state index >= 15 is 0 Å². The fraction of sp³-hybridized carbons (Fsp3) is 0.667. The van der Waals surface area contributed by atoms with Crippen LogP contribution in [0, 0.1) is 0 Å². The van der Waals surface area contributed by atoms with Crippen molar-refractivity contribution in [3.63, 3.8) is 0 Å². The molecular weight excluding hydrogens is 372 g/mol. The van der Waals surface area contributed by atoms with Crippen LogP contribution in [0.5, 0.6) is 0 Å². The number of nitrogens with zero attached hydrogens (tertiary/aromatic N) is 2. The Morgan fingerprint density at radius 1 is 1.18 bits per heavy atom. The first-order valence-electron chi connectivity index (χ1n) is 10.1. The lowest BCUT2D eigenvalue weighted by atomic mass is 10.1. The molecule has 0 N–H and O–H groups in total. The van der Waals surface area contributed by atoms with E-state index in [-0.39, 0.29) is 29.5 Å². The van der Waals surface area contributed by atoms with Gasteiger partial charge >= 0.3 is 0 Å². The molecule has 6 nitrogen and oxygen atoms in total. The summed E-state index contributed by atoms with van der Waals surface area (Å²) in [4.78, 5) is 4.40. The molecule has 7 heteroatoms. The molecule has 2 aromatic rings. The van der Waals surface area contributed by atoms with Crippen molar-refractivity contribution in [2.24, 2.45) is 0 Å². The van der Waals surface area contributed by atoms with Gasteiger partial charge in [-0.05, 0) is 44.1 Å². The molecule has 28 heavy (non-hydrogen) atoms. The summed E-state index contributed by atoms with van der Waals surface area (Å²) in [5, 5.41) is 0.152. The van der Waals surface area contributed by atoms with Crippen molar-refractivity contribution in [3.8, 4) is 0 Å². The molecule has 0 bridgehead atoms. The number of hydrogen-bond acceptors (Lipinski definition) is 5. The minimum Gasteiger partial charge on any atom is -0.414 e. The Balaban J connectivity index is 1.61.